The van der Waals surface area contributed by atoms with Crippen LogP contribution in [0.3, 0.4) is 0 Å². The van der Waals surface area contributed by atoms with Crippen LogP contribution in [0.4, 0.5) is 0 Å². The summed E-state index contributed by atoms with van der Waals surface area (Å²) in [5.74, 6) is 0.884. The fourth-order valence-corrected chi connectivity index (χ4v) is 3.22. The summed E-state index contributed by atoms with van der Waals surface area (Å²) in [6, 6.07) is 3.84. The predicted octanol–water partition coefficient (Wildman–Crippen LogP) is 3.67. The molecule has 1 aromatic carbocycles. The zero-order chi connectivity index (χ0) is 15.0. The molecule has 112 valence electrons. The fourth-order valence-electron chi connectivity index (χ4n) is 3.02. The van der Waals surface area contributed by atoms with Crippen LogP contribution in [-0.4, -0.2) is 24.2 Å². The highest BCUT2D eigenvalue weighted by atomic mass is 35.5. The molecule has 2 heterocycles. The number of benzene rings is 1. The summed E-state index contributed by atoms with van der Waals surface area (Å²) in [5, 5.41) is 5.20. The van der Waals surface area contributed by atoms with Crippen LogP contribution in [0.1, 0.15) is 30.7 Å². The largest absolute Gasteiger partial charge is 0.490 e. The molecule has 0 saturated heterocycles. The van der Waals surface area contributed by atoms with E-state index in [0.29, 0.717) is 5.02 Å². The van der Waals surface area contributed by atoms with Gasteiger partial charge in [0.25, 0.3) is 0 Å². The molecular weight excluding hydrogens is 284 g/mol. The number of hydrogen-bond acceptors (Lipinski definition) is 3. The zero-order valence-electron chi connectivity index (χ0n) is 12.8. The molecule has 0 saturated carbocycles. The maximum atomic E-state index is 6.39. The second-order valence-corrected chi connectivity index (χ2v) is 6.25. The molecule has 1 N–H and O–H groups in total. The van der Waals surface area contributed by atoms with Crippen LogP contribution in [0.15, 0.2) is 12.1 Å². The molecule has 0 aliphatic carbocycles. The normalized spacial score (nSPS) is 15.1. The summed E-state index contributed by atoms with van der Waals surface area (Å²) < 4.78 is 5.97. The first kappa shape index (κ1) is 14.6. The molecule has 1 aromatic heterocycles. The van der Waals surface area contributed by atoms with Crippen molar-refractivity contribution in [2.24, 2.45) is 0 Å². The topological polar surface area (TPSA) is 34.1 Å². The summed E-state index contributed by atoms with van der Waals surface area (Å²) in [6.07, 6.45) is 2.10. The molecule has 0 amide bonds. The maximum Gasteiger partial charge on any atom is 0.129 e. The van der Waals surface area contributed by atoms with Crippen LogP contribution < -0.4 is 10.1 Å². The van der Waals surface area contributed by atoms with Gasteiger partial charge in [-0.25, -0.2) is 0 Å². The van der Waals surface area contributed by atoms with Crippen molar-refractivity contribution in [1.29, 1.82) is 0 Å². The summed E-state index contributed by atoms with van der Waals surface area (Å²) in [4.78, 5) is 4.85. The number of aryl methyl sites for hydroxylation is 1. The van der Waals surface area contributed by atoms with E-state index in [2.05, 4.69) is 12.2 Å². The highest BCUT2D eigenvalue weighted by Crippen LogP contribution is 2.36. The minimum absolute atomic E-state index is 0.134. The van der Waals surface area contributed by atoms with Crippen molar-refractivity contribution in [2.45, 2.75) is 39.7 Å². The van der Waals surface area contributed by atoms with Crippen LogP contribution >= 0.6 is 11.6 Å². The van der Waals surface area contributed by atoms with Gasteiger partial charge in [0, 0.05) is 24.0 Å². The van der Waals surface area contributed by atoms with E-state index in [1.165, 1.54) is 16.8 Å². The van der Waals surface area contributed by atoms with E-state index in [1.54, 1.807) is 0 Å². The third-order valence-electron chi connectivity index (χ3n) is 3.97. The molecule has 1 aliphatic heterocycles. The van der Waals surface area contributed by atoms with Crippen molar-refractivity contribution >= 4 is 22.5 Å². The second kappa shape index (κ2) is 5.82. The average Bonchev–Trinajstić information content (AvgIpc) is 2.67. The molecule has 0 radical (unpaired) electrons. The molecule has 0 fully saturated rings. The third kappa shape index (κ3) is 2.72. The van der Waals surface area contributed by atoms with E-state index in [4.69, 9.17) is 21.3 Å². The van der Waals surface area contributed by atoms with Gasteiger partial charge in [0.05, 0.1) is 16.6 Å². The lowest BCUT2D eigenvalue weighted by molar-refractivity contribution is 0.245. The lowest BCUT2D eigenvalue weighted by Crippen LogP contribution is -2.16. The summed E-state index contributed by atoms with van der Waals surface area (Å²) in [7, 11) is 0. The molecular formula is C17H21ClN2O. The maximum absolute atomic E-state index is 6.39. The van der Waals surface area contributed by atoms with Crippen LogP contribution in [0.2, 0.25) is 5.02 Å². The number of aromatic nitrogens is 1. The Bertz CT molecular complexity index is 682. The molecule has 3 rings (SSSR count). The fraction of sp³-hybridized carbons (Fsp3) is 0.471. The Morgan fingerprint density at radius 3 is 2.76 bits per heavy atom. The van der Waals surface area contributed by atoms with Gasteiger partial charge in [-0.15, -0.1) is 0 Å². The number of ether oxygens (including phenoxy) is 1. The lowest BCUT2D eigenvalue weighted by Gasteiger charge is -2.18. The second-order valence-electron chi connectivity index (χ2n) is 5.85. The lowest BCUT2D eigenvalue weighted by atomic mass is 9.98. The van der Waals surface area contributed by atoms with E-state index < -0.39 is 0 Å². The van der Waals surface area contributed by atoms with E-state index in [0.717, 1.165) is 42.6 Å². The standard InChI is InChI=1S/C17H21ClN2O/c1-10(2)21-15-5-4-13(18)17-16(15)11(3)12-6-8-19-9-7-14(12)20-17/h4-5,10,19H,6-9H2,1-3H3. The van der Waals surface area contributed by atoms with Crippen molar-refractivity contribution in [2.75, 3.05) is 13.1 Å². The van der Waals surface area contributed by atoms with E-state index in [1.807, 2.05) is 26.0 Å². The van der Waals surface area contributed by atoms with Gasteiger partial charge in [0.2, 0.25) is 0 Å². The number of rotatable bonds is 2. The number of pyridine rings is 1. The minimum atomic E-state index is 0.134. The van der Waals surface area contributed by atoms with E-state index >= 15 is 0 Å². The van der Waals surface area contributed by atoms with Crippen molar-refractivity contribution < 1.29 is 4.74 Å². The van der Waals surface area contributed by atoms with Gasteiger partial charge in [-0.2, -0.15) is 0 Å². The Balaban J connectivity index is 2.28. The van der Waals surface area contributed by atoms with Crippen LogP contribution in [-0.2, 0) is 12.8 Å². The van der Waals surface area contributed by atoms with E-state index in [-0.39, 0.29) is 6.10 Å². The highest BCUT2D eigenvalue weighted by Gasteiger charge is 2.19. The number of hydrogen-bond donors (Lipinski definition) is 1. The van der Waals surface area contributed by atoms with Gasteiger partial charge < -0.3 is 10.1 Å². The predicted molar refractivity (Wildman–Crippen MR) is 87.5 cm³/mol. The van der Waals surface area contributed by atoms with Gasteiger partial charge in [-0.1, -0.05) is 11.6 Å². The summed E-state index contributed by atoms with van der Waals surface area (Å²) in [5.41, 5.74) is 4.65. The molecule has 1 aliphatic rings. The number of halogens is 1. The zero-order valence-corrected chi connectivity index (χ0v) is 13.5. The first-order valence-corrected chi connectivity index (χ1v) is 7.93. The first-order chi connectivity index (χ1) is 10.1. The Morgan fingerprint density at radius 1 is 1.24 bits per heavy atom. The van der Waals surface area contributed by atoms with E-state index in [9.17, 15) is 0 Å². The highest BCUT2D eigenvalue weighted by molar-refractivity contribution is 6.35. The van der Waals surface area contributed by atoms with Gasteiger partial charge in [-0.05, 0) is 57.0 Å². The van der Waals surface area contributed by atoms with Gasteiger partial charge in [-0.3, -0.25) is 4.98 Å². The Hall–Kier alpha value is -1.32. The smallest absolute Gasteiger partial charge is 0.129 e. The quantitative estimate of drug-likeness (QED) is 0.919. The summed E-state index contributed by atoms with van der Waals surface area (Å²) in [6.45, 7) is 8.22. The molecule has 0 spiro atoms. The van der Waals surface area contributed by atoms with Gasteiger partial charge in [0.15, 0.2) is 0 Å². The van der Waals surface area contributed by atoms with Crippen molar-refractivity contribution in [3.63, 3.8) is 0 Å². The van der Waals surface area contributed by atoms with Gasteiger partial charge in [0.1, 0.15) is 5.75 Å². The Labute approximate surface area is 130 Å². The molecule has 0 bridgehead atoms. The van der Waals surface area contributed by atoms with Crippen LogP contribution in [0.25, 0.3) is 10.9 Å². The number of fused-ring (bicyclic) bond motifs is 2. The van der Waals surface area contributed by atoms with Crippen molar-refractivity contribution in [3.05, 3.63) is 34.0 Å². The molecule has 0 atom stereocenters. The average molecular weight is 305 g/mol. The number of nitrogens with one attached hydrogen (secondary N) is 1. The molecule has 0 unspecified atom stereocenters. The molecule has 3 nitrogen and oxygen atoms in total. The first-order valence-electron chi connectivity index (χ1n) is 7.56. The van der Waals surface area contributed by atoms with Crippen molar-refractivity contribution in [1.82, 2.24) is 10.3 Å². The molecule has 21 heavy (non-hydrogen) atoms. The van der Waals surface area contributed by atoms with Gasteiger partial charge >= 0.3 is 0 Å². The minimum Gasteiger partial charge on any atom is -0.490 e. The summed E-state index contributed by atoms with van der Waals surface area (Å²) >= 11 is 6.39. The van der Waals surface area contributed by atoms with Crippen LogP contribution in [0.5, 0.6) is 5.75 Å². The van der Waals surface area contributed by atoms with Crippen LogP contribution in [0, 0.1) is 6.92 Å². The number of nitrogens with zero attached hydrogens (tertiary/aromatic N) is 1. The molecule has 2 aromatic rings. The monoisotopic (exact) mass is 304 g/mol. The Kier molecular flexibility index (Phi) is 4.05. The van der Waals surface area contributed by atoms with Crippen molar-refractivity contribution in [3.8, 4) is 5.75 Å². The third-order valence-corrected chi connectivity index (χ3v) is 4.27. The SMILES string of the molecule is Cc1c2c(nc3c(Cl)ccc(OC(C)C)c13)CCNCC2. The molecule has 4 heteroatoms. The Morgan fingerprint density at radius 2 is 2.00 bits per heavy atom.